The van der Waals surface area contributed by atoms with Crippen LogP contribution >= 0.6 is 0 Å². The number of hydrogen-bond acceptors (Lipinski definition) is 5. The summed E-state index contributed by atoms with van der Waals surface area (Å²) >= 11 is 0. The minimum Gasteiger partial charge on any atom is -0.479 e. The van der Waals surface area contributed by atoms with E-state index < -0.39 is 18.2 Å². The molecular weight excluding hydrogens is 279 g/mol. The van der Waals surface area contributed by atoms with Crippen LogP contribution in [-0.2, 0) is 9.53 Å². The summed E-state index contributed by atoms with van der Waals surface area (Å²) in [6, 6.07) is 4.29. The average molecular weight is 292 g/mol. The first-order chi connectivity index (χ1) is 10.0. The molecule has 1 saturated heterocycles. The third-order valence-corrected chi connectivity index (χ3v) is 3.44. The minimum absolute atomic E-state index is 0.248. The number of carboxylic acid groups (broad SMARTS) is 1. The predicted octanol–water partition coefficient (Wildman–Crippen LogP) is 2.49. The maximum absolute atomic E-state index is 13.1. The SMILES string of the molecule is Cc1cc(F)ccc1-c1noc(C2CCC(C(=O)O)O2)n1. The maximum atomic E-state index is 13.1. The number of rotatable bonds is 3. The van der Waals surface area contributed by atoms with Crippen molar-refractivity contribution in [1.29, 1.82) is 0 Å². The van der Waals surface area contributed by atoms with E-state index in [2.05, 4.69) is 10.1 Å². The lowest BCUT2D eigenvalue weighted by molar-refractivity contribution is -0.150. The molecule has 110 valence electrons. The van der Waals surface area contributed by atoms with Gasteiger partial charge in [-0.05, 0) is 43.5 Å². The van der Waals surface area contributed by atoms with Gasteiger partial charge in [-0.2, -0.15) is 4.98 Å². The lowest BCUT2D eigenvalue weighted by Gasteiger charge is -2.05. The molecule has 2 heterocycles. The fourth-order valence-electron chi connectivity index (χ4n) is 2.35. The van der Waals surface area contributed by atoms with Crippen LogP contribution < -0.4 is 0 Å². The molecule has 1 aromatic carbocycles. The number of halogens is 1. The fraction of sp³-hybridized carbons (Fsp3) is 0.357. The Morgan fingerprint density at radius 2 is 2.24 bits per heavy atom. The van der Waals surface area contributed by atoms with Crippen molar-refractivity contribution in [2.24, 2.45) is 0 Å². The Kier molecular flexibility index (Phi) is 3.42. The normalized spacial score (nSPS) is 21.6. The van der Waals surface area contributed by atoms with Crippen LogP contribution in [-0.4, -0.2) is 27.3 Å². The van der Waals surface area contributed by atoms with Gasteiger partial charge in [-0.15, -0.1) is 0 Å². The second-order valence-corrected chi connectivity index (χ2v) is 4.94. The summed E-state index contributed by atoms with van der Waals surface area (Å²) in [5, 5.41) is 12.8. The van der Waals surface area contributed by atoms with Crippen molar-refractivity contribution in [3.63, 3.8) is 0 Å². The monoisotopic (exact) mass is 292 g/mol. The highest BCUT2D eigenvalue weighted by Gasteiger charge is 2.34. The first-order valence-electron chi connectivity index (χ1n) is 6.53. The summed E-state index contributed by atoms with van der Waals surface area (Å²) in [5.74, 6) is -0.739. The van der Waals surface area contributed by atoms with Crippen LogP contribution in [0, 0.1) is 12.7 Å². The predicted molar refractivity (Wildman–Crippen MR) is 68.9 cm³/mol. The zero-order valence-corrected chi connectivity index (χ0v) is 11.2. The van der Waals surface area contributed by atoms with Crippen LogP contribution in [0.5, 0.6) is 0 Å². The van der Waals surface area contributed by atoms with Gasteiger partial charge < -0.3 is 14.4 Å². The van der Waals surface area contributed by atoms with Gasteiger partial charge in [0.25, 0.3) is 5.89 Å². The highest BCUT2D eigenvalue weighted by molar-refractivity contribution is 5.72. The van der Waals surface area contributed by atoms with Crippen molar-refractivity contribution in [2.45, 2.75) is 32.0 Å². The Morgan fingerprint density at radius 1 is 1.43 bits per heavy atom. The summed E-state index contributed by atoms with van der Waals surface area (Å²) in [6.45, 7) is 1.75. The van der Waals surface area contributed by atoms with E-state index >= 15 is 0 Å². The Bertz CT molecular complexity index is 685. The number of aryl methyl sites for hydroxylation is 1. The van der Waals surface area contributed by atoms with Gasteiger partial charge in [0, 0.05) is 5.56 Å². The molecule has 0 spiro atoms. The quantitative estimate of drug-likeness (QED) is 0.935. The van der Waals surface area contributed by atoms with Crippen LogP contribution in [0.1, 0.15) is 30.4 Å². The van der Waals surface area contributed by atoms with Gasteiger partial charge >= 0.3 is 5.97 Å². The number of aliphatic carboxylic acids is 1. The number of carbonyl (C=O) groups is 1. The molecule has 21 heavy (non-hydrogen) atoms. The molecule has 2 atom stereocenters. The zero-order valence-electron chi connectivity index (χ0n) is 11.2. The summed E-state index contributed by atoms with van der Waals surface area (Å²) in [4.78, 5) is 15.1. The van der Waals surface area contributed by atoms with E-state index in [0.29, 0.717) is 29.8 Å². The van der Waals surface area contributed by atoms with E-state index in [1.807, 2.05) is 0 Å². The average Bonchev–Trinajstić information content (AvgIpc) is 3.07. The molecule has 1 N–H and O–H groups in total. The highest BCUT2D eigenvalue weighted by atomic mass is 19.1. The Morgan fingerprint density at radius 3 is 2.90 bits per heavy atom. The van der Waals surface area contributed by atoms with Gasteiger partial charge in [-0.3, -0.25) is 0 Å². The van der Waals surface area contributed by atoms with Crippen molar-refractivity contribution in [3.05, 3.63) is 35.5 Å². The van der Waals surface area contributed by atoms with Gasteiger partial charge in [0.1, 0.15) is 11.9 Å². The molecule has 1 aliphatic heterocycles. The second-order valence-electron chi connectivity index (χ2n) is 4.94. The molecule has 0 aliphatic carbocycles. The summed E-state index contributed by atoms with van der Waals surface area (Å²) < 4.78 is 23.6. The van der Waals surface area contributed by atoms with Crippen LogP contribution in [0.25, 0.3) is 11.4 Å². The van der Waals surface area contributed by atoms with E-state index in [9.17, 15) is 9.18 Å². The minimum atomic E-state index is -0.994. The van der Waals surface area contributed by atoms with Crippen molar-refractivity contribution < 1.29 is 23.6 Å². The molecule has 1 aromatic heterocycles. The van der Waals surface area contributed by atoms with Gasteiger partial charge in [0.15, 0.2) is 6.10 Å². The van der Waals surface area contributed by atoms with E-state index in [1.54, 1.807) is 13.0 Å². The molecule has 0 amide bonds. The zero-order chi connectivity index (χ0) is 15.0. The first kappa shape index (κ1) is 13.7. The van der Waals surface area contributed by atoms with Crippen LogP contribution in [0.2, 0.25) is 0 Å². The van der Waals surface area contributed by atoms with Gasteiger partial charge in [-0.1, -0.05) is 5.16 Å². The van der Waals surface area contributed by atoms with Gasteiger partial charge in [0.05, 0.1) is 0 Å². The van der Waals surface area contributed by atoms with Crippen molar-refractivity contribution in [1.82, 2.24) is 10.1 Å². The number of aromatic nitrogens is 2. The standard InChI is InChI=1S/C14H13FN2O4/c1-7-6-8(15)2-3-9(7)12-16-13(21-17-12)10-4-5-11(20-10)14(18)19/h2-3,6,10-11H,4-5H2,1H3,(H,18,19). The summed E-state index contributed by atoms with van der Waals surface area (Å²) in [5.41, 5.74) is 1.36. The van der Waals surface area contributed by atoms with E-state index in [1.165, 1.54) is 12.1 Å². The molecule has 0 radical (unpaired) electrons. The molecule has 0 bridgehead atoms. The molecule has 3 rings (SSSR count). The van der Waals surface area contributed by atoms with Crippen molar-refractivity contribution in [2.75, 3.05) is 0 Å². The third-order valence-electron chi connectivity index (χ3n) is 3.44. The maximum Gasteiger partial charge on any atom is 0.332 e. The van der Waals surface area contributed by atoms with Gasteiger partial charge in [-0.25, -0.2) is 9.18 Å². The van der Waals surface area contributed by atoms with Gasteiger partial charge in [0.2, 0.25) is 5.82 Å². The highest BCUT2D eigenvalue weighted by Crippen LogP contribution is 2.33. The fourth-order valence-corrected chi connectivity index (χ4v) is 2.35. The molecule has 2 aromatic rings. The van der Waals surface area contributed by atoms with Crippen LogP contribution in [0.4, 0.5) is 4.39 Å². The molecule has 1 aliphatic rings. The Balaban J connectivity index is 1.82. The third kappa shape index (κ3) is 2.64. The first-order valence-corrected chi connectivity index (χ1v) is 6.53. The molecule has 1 fully saturated rings. The Hall–Kier alpha value is -2.28. The summed E-state index contributed by atoms with van der Waals surface area (Å²) in [6.07, 6.45) is -0.417. The van der Waals surface area contributed by atoms with Crippen LogP contribution in [0.3, 0.4) is 0 Å². The van der Waals surface area contributed by atoms with Crippen molar-refractivity contribution >= 4 is 5.97 Å². The van der Waals surface area contributed by atoms with Crippen LogP contribution in [0.15, 0.2) is 22.7 Å². The van der Waals surface area contributed by atoms with E-state index in [0.717, 1.165) is 0 Å². The molecule has 2 unspecified atom stereocenters. The largest absolute Gasteiger partial charge is 0.479 e. The number of nitrogens with zero attached hydrogens (tertiary/aromatic N) is 2. The second kappa shape index (κ2) is 5.25. The number of benzene rings is 1. The van der Waals surface area contributed by atoms with E-state index in [4.69, 9.17) is 14.4 Å². The molecule has 6 nitrogen and oxygen atoms in total. The molecule has 0 saturated carbocycles. The van der Waals surface area contributed by atoms with E-state index in [-0.39, 0.29) is 11.7 Å². The van der Waals surface area contributed by atoms with Crippen molar-refractivity contribution in [3.8, 4) is 11.4 Å². The molecular formula is C14H13FN2O4. The number of carboxylic acids is 1. The lowest BCUT2D eigenvalue weighted by atomic mass is 10.1. The Labute approximate surface area is 119 Å². The lowest BCUT2D eigenvalue weighted by Crippen LogP contribution is -2.18. The number of ether oxygens (including phenoxy) is 1. The number of hydrogen-bond donors (Lipinski definition) is 1. The molecule has 7 heteroatoms. The summed E-state index contributed by atoms with van der Waals surface area (Å²) in [7, 11) is 0. The smallest absolute Gasteiger partial charge is 0.332 e. The topological polar surface area (TPSA) is 85.5 Å².